The second-order valence-corrected chi connectivity index (χ2v) is 9.00. The van der Waals surface area contributed by atoms with Crippen molar-refractivity contribution in [3.05, 3.63) is 94.0 Å². The molecule has 0 saturated heterocycles. The van der Waals surface area contributed by atoms with Crippen LogP contribution in [-0.4, -0.2) is 32.4 Å². The number of aryl methyl sites for hydroxylation is 1. The minimum Gasteiger partial charge on any atom is -0.495 e. The molecule has 0 aliphatic heterocycles. The van der Waals surface area contributed by atoms with E-state index in [-0.39, 0.29) is 28.4 Å². The van der Waals surface area contributed by atoms with Gasteiger partial charge in [0.25, 0.3) is 5.69 Å². The molecule has 2 N–H and O–H groups in total. The van der Waals surface area contributed by atoms with Crippen molar-refractivity contribution in [2.45, 2.75) is 24.3 Å². The summed E-state index contributed by atoms with van der Waals surface area (Å²) in [6, 6.07) is 17.9. The fourth-order valence-electron chi connectivity index (χ4n) is 3.21. The minimum absolute atomic E-state index is 0.0644. The van der Waals surface area contributed by atoms with Gasteiger partial charge < -0.3 is 10.1 Å². The Kier molecular flexibility index (Phi) is 7.41. The number of non-ortho nitro benzene ring substituents is 1. The maximum absolute atomic E-state index is 13.2. The number of hydrogen-bond acceptors (Lipinski definition) is 6. The summed E-state index contributed by atoms with van der Waals surface area (Å²) in [5, 5.41) is 13.6. The second-order valence-electron chi connectivity index (χ2n) is 7.31. The molecule has 1 amide bonds. The lowest BCUT2D eigenvalue weighted by Crippen LogP contribution is -2.45. The molecule has 0 aliphatic rings. The van der Waals surface area contributed by atoms with Gasteiger partial charge in [-0.1, -0.05) is 42.5 Å². The highest BCUT2D eigenvalue weighted by molar-refractivity contribution is 7.89. The van der Waals surface area contributed by atoms with Crippen LogP contribution in [0.1, 0.15) is 11.1 Å². The summed E-state index contributed by atoms with van der Waals surface area (Å²) in [7, 11) is -2.79. The molecule has 0 aromatic heterocycles. The van der Waals surface area contributed by atoms with Crippen LogP contribution in [0.5, 0.6) is 5.75 Å². The Morgan fingerprint density at radius 2 is 1.79 bits per heavy atom. The number of methoxy groups -OCH3 is 1. The molecule has 0 saturated carbocycles. The van der Waals surface area contributed by atoms with E-state index in [0.29, 0.717) is 5.56 Å². The van der Waals surface area contributed by atoms with Crippen molar-refractivity contribution in [3.8, 4) is 5.75 Å². The number of benzene rings is 3. The van der Waals surface area contributed by atoms with Crippen molar-refractivity contribution in [1.29, 1.82) is 0 Å². The van der Waals surface area contributed by atoms with Crippen LogP contribution >= 0.6 is 0 Å². The molecule has 0 radical (unpaired) electrons. The Hall–Kier alpha value is -3.76. The van der Waals surface area contributed by atoms with Crippen LogP contribution in [0.3, 0.4) is 0 Å². The number of anilines is 1. The first-order valence-corrected chi connectivity index (χ1v) is 11.4. The predicted octanol–water partition coefficient (Wildman–Crippen LogP) is 3.44. The molecule has 0 spiro atoms. The number of carbonyl (C=O) groups is 1. The molecule has 3 aromatic rings. The number of rotatable bonds is 9. The maximum atomic E-state index is 13.2. The standard InChI is InChI=1S/C23H23N3O6S/c1-16-11-12-21(32-2)22(13-16)33(30,31)25-20(14-17-7-4-3-5-8-17)23(27)24-18-9-6-10-19(15-18)26(28)29/h3-13,15,20,25H,14H2,1-2H3,(H,24,27)/t20-/m1/s1. The van der Waals surface area contributed by atoms with E-state index in [2.05, 4.69) is 10.0 Å². The number of nitrogens with zero attached hydrogens (tertiary/aromatic N) is 1. The van der Waals surface area contributed by atoms with Gasteiger partial charge in [-0.25, -0.2) is 8.42 Å². The van der Waals surface area contributed by atoms with Crippen LogP contribution in [0.25, 0.3) is 0 Å². The molecule has 33 heavy (non-hydrogen) atoms. The lowest BCUT2D eigenvalue weighted by molar-refractivity contribution is -0.384. The van der Waals surface area contributed by atoms with Gasteiger partial charge in [-0.3, -0.25) is 14.9 Å². The van der Waals surface area contributed by atoms with Crippen LogP contribution < -0.4 is 14.8 Å². The molecule has 10 heteroatoms. The zero-order valence-corrected chi connectivity index (χ0v) is 18.8. The van der Waals surface area contributed by atoms with Crippen molar-refractivity contribution in [3.63, 3.8) is 0 Å². The van der Waals surface area contributed by atoms with Gasteiger partial charge in [0.1, 0.15) is 16.7 Å². The molecule has 0 bridgehead atoms. The summed E-state index contributed by atoms with van der Waals surface area (Å²) in [6.07, 6.45) is 0.0644. The van der Waals surface area contributed by atoms with E-state index in [1.165, 1.54) is 37.4 Å². The monoisotopic (exact) mass is 469 g/mol. The van der Waals surface area contributed by atoms with E-state index < -0.39 is 26.9 Å². The Morgan fingerprint density at radius 1 is 1.06 bits per heavy atom. The highest BCUT2D eigenvalue weighted by Gasteiger charge is 2.28. The third-order valence-corrected chi connectivity index (χ3v) is 6.32. The SMILES string of the molecule is COc1ccc(C)cc1S(=O)(=O)N[C@H](Cc1ccccc1)C(=O)Nc1cccc([N+](=O)[O-])c1. The molecule has 172 valence electrons. The van der Waals surface area contributed by atoms with E-state index in [1.54, 1.807) is 43.3 Å². The van der Waals surface area contributed by atoms with Gasteiger partial charge in [-0.2, -0.15) is 4.72 Å². The topological polar surface area (TPSA) is 128 Å². The first-order valence-electron chi connectivity index (χ1n) is 9.96. The van der Waals surface area contributed by atoms with E-state index in [4.69, 9.17) is 4.74 Å². The molecule has 1 atom stereocenters. The maximum Gasteiger partial charge on any atom is 0.271 e. The number of ether oxygens (including phenoxy) is 1. The minimum atomic E-state index is -4.15. The van der Waals surface area contributed by atoms with Crippen molar-refractivity contribution in [2.24, 2.45) is 0 Å². The van der Waals surface area contributed by atoms with Gasteiger partial charge in [-0.05, 0) is 42.7 Å². The summed E-state index contributed by atoms with van der Waals surface area (Å²) in [6.45, 7) is 1.74. The van der Waals surface area contributed by atoms with Gasteiger partial charge in [0, 0.05) is 17.8 Å². The van der Waals surface area contributed by atoms with Gasteiger partial charge in [0.2, 0.25) is 15.9 Å². The van der Waals surface area contributed by atoms with Gasteiger partial charge in [0.05, 0.1) is 12.0 Å². The smallest absolute Gasteiger partial charge is 0.271 e. The lowest BCUT2D eigenvalue weighted by Gasteiger charge is -2.20. The molecule has 0 aliphatic carbocycles. The van der Waals surface area contributed by atoms with Gasteiger partial charge in [0.15, 0.2) is 0 Å². The third kappa shape index (κ3) is 6.15. The number of sulfonamides is 1. The fourth-order valence-corrected chi connectivity index (χ4v) is 4.66. The number of hydrogen-bond donors (Lipinski definition) is 2. The summed E-state index contributed by atoms with van der Waals surface area (Å²) < 4.78 is 34.1. The van der Waals surface area contributed by atoms with Crippen molar-refractivity contribution >= 4 is 27.3 Å². The summed E-state index contributed by atoms with van der Waals surface area (Å²) in [4.78, 5) is 23.5. The van der Waals surface area contributed by atoms with E-state index >= 15 is 0 Å². The molecular formula is C23H23N3O6S. The number of carbonyl (C=O) groups excluding carboxylic acids is 1. The van der Waals surface area contributed by atoms with E-state index in [0.717, 1.165) is 5.56 Å². The Morgan fingerprint density at radius 3 is 2.45 bits per heavy atom. The molecule has 3 aromatic carbocycles. The molecule has 0 unspecified atom stereocenters. The number of nitrogens with one attached hydrogen (secondary N) is 2. The molecule has 0 heterocycles. The zero-order chi connectivity index (χ0) is 24.0. The lowest BCUT2D eigenvalue weighted by atomic mass is 10.1. The number of amides is 1. The van der Waals surface area contributed by atoms with Crippen LogP contribution in [0.4, 0.5) is 11.4 Å². The van der Waals surface area contributed by atoms with Crippen LogP contribution in [0.15, 0.2) is 77.7 Å². The van der Waals surface area contributed by atoms with Gasteiger partial charge in [-0.15, -0.1) is 0 Å². The van der Waals surface area contributed by atoms with Gasteiger partial charge >= 0.3 is 0 Å². The van der Waals surface area contributed by atoms with Crippen molar-refractivity contribution < 1.29 is 22.9 Å². The average Bonchev–Trinajstić information content (AvgIpc) is 2.79. The normalized spacial score (nSPS) is 12.1. The van der Waals surface area contributed by atoms with Crippen LogP contribution in [0.2, 0.25) is 0 Å². The first-order chi connectivity index (χ1) is 15.7. The molecule has 0 fully saturated rings. The highest BCUT2D eigenvalue weighted by atomic mass is 32.2. The van der Waals surface area contributed by atoms with Crippen LogP contribution in [-0.2, 0) is 21.2 Å². The summed E-state index contributed by atoms with van der Waals surface area (Å²) in [5.41, 5.74) is 1.42. The van der Waals surface area contributed by atoms with E-state index in [1.807, 2.05) is 6.07 Å². The zero-order valence-electron chi connectivity index (χ0n) is 18.0. The van der Waals surface area contributed by atoms with Crippen molar-refractivity contribution in [2.75, 3.05) is 12.4 Å². The molecule has 9 nitrogen and oxygen atoms in total. The van der Waals surface area contributed by atoms with Crippen LogP contribution in [0, 0.1) is 17.0 Å². The Balaban J connectivity index is 1.93. The Bertz CT molecular complexity index is 1260. The second kappa shape index (κ2) is 10.2. The summed E-state index contributed by atoms with van der Waals surface area (Å²) in [5.74, 6) is -0.514. The third-order valence-electron chi connectivity index (χ3n) is 4.83. The summed E-state index contributed by atoms with van der Waals surface area (Å²) >= 11 is 0. The fraction of sp³-hybridized carbons (Fsp3) is 0.174. The predicted molar refractivity (Wildman–Crippen MR) is 124 cm³/mol. The molecule has 3 rings (SSSR count). The molecular weight excluding hydrogens is 446 g/mol. The van der Waals surface area contributed by atoms with E-state index in [9.17, 15) is 23.3 Å². The number of nitro groups is 1. The largest absolute Gasteiger partial charge is 0.495 e. The quantitative estimate of drug-likeness (QED) is 0.365. The number of nitro benzene ring substituents is 1. The highest BCUT2D eigenvalue weighted by Crippen LogP contribution is 2.25. The Labute approximate surface area is 191 Å². The average molecular weight is 470 g/mol. The van der Waals surface area contributed by atoms with Crippen molar-refractivity contribution in [1.82, 2.24) is 4.72 Å². The first kappa shape index (κ1) is 23.9.